The van der Waals surface area contributed by atoms with Gasteiger partial charge >= 0.3 is 0 Å². The first-order chi connectivity index (χ1) is 28.3. The molecule has 0 N–H and O–H groups in total. The maximum Gasteiger partial charge on any atom is 0.0978 e. The zero-order valence-corrected chi connectivity index (χ0v) is 30.8. The Balaban J connectivity index is 0.990. The van der Waals surface area contributed by atoms with Crippen LogP contribution in [0, 0.1) is 0 Å². The first-order valence-corrected chi connectivity index (χ1v) is 19.6. The van der Waals surface area contributed by atoms with Gasteiger partial charge in [0.2, 0.25) is 0 Å². The van der Waals surface area contributed by atoms with Crippen LogP contribution in [0.4, 0.5) is 0 Å². The third-order valence-electron chi connectivity index (χ3n) is 12.7. The zero-order chi connectivity index (χ0) is 37.2. The Morgan fingerprint density at radius 2 is 0.965 bits per heavy atom. The largest absolute Gasteiger partial charge is 0.309 e. The Morgan fingerprint density at radius 3 is 1.68 bits per heavy atom. The summed E-state index contributed by atoms with van der Waals surface area (Å²) < 4.78 is 4.78. The monoisotopic (exact) mass is 724 g/mol. The van der Waals surface area contributed by atoms with Gasteiger partial charge in [0.1, 0.15) is 0 Å². The number of hydrogen-bond acceptors (Lipinski definition) is 2. The van der Waals surface area contributed by atoms with Crippen LogP contribution in [0.25, 0.3) is 88.5 Å². The molecule has 0 aliphatic heterocycles. The highest BCUT2D eigenvalue weighted by Crippen LogP contribution is 2.64. The summed E-state index contributed by atoms with van der Waals surface area (Å²) in [4.78, 5) is 9.08. The number of hydrogen-bond donors (Lipinski definition) is 0. The zero-order valence-electron chi connectivity index (χ0n) is 30.8. The van der Waals surface area contributed by atoms with Crippen molar-refractivity contribution >= 4 is 43.7 Å². The van der Waals surface area contributed by atoms with E-state index in [9.17, 15) is 0 Å². The smallest absolute Gasteiger partial charge is 0.0978 e. The van der Waals surface area contributed by atoms with Crippen molar-refractivity contribution in [2.45, 2.75) is 5.41 Å². The van der Waals surface area contributed by atoms with Gasteiger partial charge in [-0.15, -0.1) is 0 Å². The molecule has 4 nitrogen and oxygen atoms in total. The Kier molecular flexibility index (Phi) is 6.07. The number of para-hydroxylation sites is 1. The van der Waals surface area contributed by atoms with Crippen LogP contribution in [0.2, 0.25) is 0 Å². The van der Waals surface area contributed by atoms with Crippen molar-refractivity contribution in [3.05, 3.63) is 217 Å². The third kappa shape index (κ3) is 3.91. The number of pyridine rings is 2. The van der Waals surface area contributed by atoms with Gasteiger partial charge in [-0.2, -0.15) is 0 Å². The molecule has 0 unspecified atom stereocenters. The van der Waals surface area contributed by atoms with Crippen LogP contribution in [-0.4, -0.2) is 19.1 Å². The molecule has 0 bridgehead atoms. The summed E-state index contributed by atoms with van der Waals surface area (Å²) in [6.07, 6.45) is 5.61. The molecule has 57 heavy (non-hydrogen) atoms. The molecule has 2 aliphatic carbocycles. The van der Waals surface area contributed by atoms with Gasteiger partial charge in [0.25, 0.3) is 0 Å². The van der Waals surface area contributed by atoms with E-state index in [0.29, 0.717) is 0 Å². The van der Waals surface area contributed by atoms with E-state index < -0.39 is 5.41 Å². The lowest BCUT2D eigenvalue weighted by molar-refractivity contribution is 0.794. The molecule has 1 spiro atoms. The van der Waals surface area contributed by atoms with E-state index in [4.69, 9.17) is 4.98 Å². The average molecular weight is 725 g/mol. The number of nitrogens with zero attached hydrogens (tertiary/aromatic N) is 4. The standard InChI is InChI=1S/C53H32N4/c1-5-14-43-37(10-1)38-11-2-6-15-44(38)53(43)45-16-7-3-13-41(45)50-46(53)28-27-40-39-12-4-8-17-47(39)57(52(40)50)36-25-21-34(22-26-36)33-19-23-35(24-20-33)56-48-29-31-54-32-42(48)51-49(56)18-9-30-55-51/h1-32H. The number of benzene rings is 7. The van der Waals surface area contributed by atoms with Crippen molar-refractivity contribution in [2.75, 3.05) is 0 Å². The SMILES string of the molecule is c1ccc2c(c1)-c1ccccc1C21c2ccccc2-c2c1ccc1c3ccccc3n(-c3ccc(-c4ccc(-n5c6ccncc6c6ncccc65)cc4)cc3)c21. The summed E-state index contributed by atoms with van der Waals surface area (Å²) in [7, 11) is 0. The Labute approximate surface area is 328 Å². The van der Waals surface area contributed by atoms with Gasteiger partial charge < -0.3 is 9.13 Å². The Hall–Kier alpha value is -7.56. The maximum absolute atomic E-state index is 4.69. The summed E-state index contributed by atoms with van der Waals surface area (Å²) in [5, 5.41) is 3.59. The molecule has 0 fully saturated rings. The first kappa shape index (κ1) is 30.7. The average Bonchev–Trinajstić information content (AvgIpc) is 3.99. The highest BCUT2D eigenvalue weighted by molar-refractivity contribution is 6.16. The van der Waals surface area contributed by atoms with Gasteiger partial charge in [-0.3, -0.25) is 9.97 Å². The van der Waals surface area contributed by atoms with Gasteiger partial charge in [-0.05, 0) is 98.6 Å². The van der Waals surface area contributed by atoms with Crippen LogP contribution >= 0.6 is 0 Å². The van der Waals surface area contributed by atoms with E-state index >= 15 is 0 Å². The maximum atomic E-state index is 4.69. The van der Waals surface area contributed by atoms with E-state index in [1.165, 1.54) is 77.4 Å². The van der Waals surface area contributed by atoms with Crippen LogP contribution in [-0.2, 0) is 5.41 Å². The molecule has 11 aromatic rings. The van der Waals surface area contributed by atoms with Gasteiger partial charge in [0.05, 0.1) is 33.0 Å². The summed E-state index contributed by atoms with van der Waals surface area (Å²) in [6.45, 7) is 0. The van der Waals surface area contributed by atoms with Crippen LogP contribution in [0.3, 0.4) is 0 Å². The Morgan fingerprint density at radius 1 is 0.386 bits per heavy atom. The fraction of sp³-hybridized carbons (Fsp3) is 0.0189. The van der Waals surface area contributed by atoms with Crippen LogP contribution < -0.4 is 0 Å². The van der Waals surface area contributed by atoms with Gasteiger partial charge in [-0.1, -0.05) is 127 Å². The second-order valence-corrected chi connectivity index (χ2v) is 15.3. The van der Waals surface area contributed by atoms with Crippen LogP contribution in [0.5, 0.6) is 0 Å². The van der Waals surface area contributed by atoms with Crippen molar-refractivity contribution in [1.29, 1.82) is 0 Å². The lowest BCUT2D eigenvalue weighted by atomic mass is 9.70. The van der Waals surface area contributed by atoms with Gasteiger partial charge in [-0.25, -0.2) is 0 Å². The molecule has 0 saturated heterocycles. The fourth-order valence-electron chi connectivity index (χ4n) is 10.5. The van der Waals surface area contributed by atoms with Gasteiger partial charge in [0, 0.05) is 51.7 Å². The normalized spacial score (nSPS) is 13.4. The molecule has 0 atom stereocenters. The van der Waals surface area contributed by atoms with E-state index in [0.717, 1.165) is 33.3 Å². The van der Waals surface area contributed by atoms with Crippen LogP contribution in [0.15, 0.2) is 195 Å². The molecular formula is C53H32N4. The molecule has 0 saturated carbocycles. The molecule has 7 aromatic carbocycles. The summed E-state index contributed by atoms with van der Waals surface area (Å²) in [5.41, 5.74) is 20.5. The highest BCUT2D eigenvalue weighted by Gasteiger charge is 2.52. The molecule has 4 aromatic heterocycles. The molecule has 2 aliphatic rings. The second kappa shape index (κ2) is 11.2. The minimum Gasteiger partial charge on any atom is -0.309 e. The van der Waals surface area contributed by atoms with E-state index in [-0.39, 0.29) is 0 Å². The predicted molar refractivity (Wildman–Crippen MR) is 232 cm³/mol. The van der Waals surface area contributed by atoms with E-state index in [1.807, 2.05) is 24.7 Å². The molecule has 4 heteroatoms. The van der Waals surface area contributed by atoms with E-state index in [2.05, 4.69) is 184 Å². The molecule has 4 heterocycles. The quantitative estimate of drug-likeness (QED) is 0.182. The fourth-order valence-corrected chi connectivity index (χ4v) is 10.5. The first-order valence-electron chi connectivity index (χ1n) is 19.6. The summed E-state index contributed by atoms with van der Waals surface area (Å²) >= 11 is 0. The predicted octanol–water partition coefficient (Wildman–Crippen LogP) is 12.7. The number of aromatic nitrogens is 4. The third-order valence-corrected chi connectivity index (χ3v) is 12.7. The van der Waals surface area contributed by atoms with Crippen molar-refractivity contribution in [3.8, 4) is 44.8 Å². The number of rotatable bonds is 3. The molecule has 0 amide bonds. The molecule has 13 rings (SSSR count). The minimum atomic E-state index is -0.392. The lowest BCUT2D eigenvalue weighted by Gasteiger charge is -2.30. The van der Waals surface area contributed by atoms with Crippen molar-refractivity contribution in [1.82, 2.24) is 19.1 Å². The number of fused-ring (bicyclic) bond motifs is 17. The van der Waals surface area contributed by atoms with Crippen molar-refractivity contribution in [3.63, 3.8) is 0 Å². The Bertz CT molecular complexity index is 3360. The molecule has 264 valence electrons. The topological polar surface area (TPSA) is 35.6 Å². The molecule has 0 radical (unpaired) electrons. The second-order valence-electron chi connectivity index (χ2n) is 15.3. The van der Waals surface area contributed by atoms with Gasteiger partial charge in [0.15, 0.2) is 0 Å². The van der Waals surface area contributed by atoms with Crippen LogP contribution in [0.1, 0.15) is 22.3 Å². The van der Waals surface area contributed by atoms with Crippen molar-refractivity contribution < 1.29 is 0 Å². The minimum absolute atomic E-state index is 0.392. The summed E-state index contributed by atoms with van der Waals surface area (Å²) in [5.74, 6) is 0. The van der Waals surface area contributed by atoms with Crippen molar-refractivity contribution in [2.24, 2.45) is 0 Å². The highest BCUT2D eigenvalue weighted by atomic mass is 15.0. The van der Waals surface area contributed by atoms with E-state index in [1.54, 1.807) is 0 Å². The summed E-state index contributed by atoms with van der Waals surface area (Å²) in [6, 6.07) is 65.0. The molecular weight excluding hydrogens is 693 g/mol. The lowest BCUT2D eigenvalue weighted by Crippen LogP contribution is -2.25.